The second kappa shape index (κ2) is 12.1. The first-order chi connectivity index (χ1) is 20.2. The van der Waals surface area contributed by atoms with Gasteiger partial charge in [-0.25, -0.2) is 4.98 Å². The highest BCUT2D eigenvalue weighted by Crippen LogP contribution is 2.40. The molecule has 0 amide bonds. The van der Waals surface area contributed by atoms with Crippen LogP contribution in [0.2, 0.25) is 0 Å². The highest BCUT2D eigenvalue weighted by molar-refractivity contribution is 5.78. The van der Waals surface area contributed by atoms with Gasteiger partial charge in [0.05, 0.1) is 18.5 Å². The maximum Gasteiger partial charge on any atom is 0.219 e. The van der Waals surface area contributed by atoms with Gasteiger partial charge in [0.1, 0.15) is 23.0 Å². The number of nitrogens with zero attached hydrogens (tertiary/aromatic N) is 3. The van der Waals surface area contributed by atoms with Gasteiger partial charge in [0.15, 0.2) is 0 Å². The summed E-state index contributed by atoms with van der Waals surface area (Å²) >= 11 is 0. The Morgan fingerprint density at radius 3 is 1.88 bits per heavy atom. The van der Waals surface area contributed by atoms with E-state index in [1.807, 2.05) is 109 Å². The molecule has 6 nitrogen and oxygen atoms in total. The molecule has 0 atom stereocenters. The van der Waals surface area contributed by atoms with Gasteiger partial charge in [-0.2, -0.15) is 0 Å². The Labute approximate surface area is 239 Å². The minimum atomic E-state index is 0.493. The topological polar surface area (TPSA) is 56.7 Å². The van der Waals surface area contributed by atoms with Crippen LogP contribution >= 0.6 is 0 Å². The normalized spacial score (nSPS) is 10.6. The molecule has 0 N–H and O–H groups in total. The molecule has 200 valence electrons. The lowest BCUT2D eigenvalue weighted by Crippen LogP contribution is -2.10. The summed E-state index contributed by atoms with van der Waals surface area (Å²) in [7, 11) is 1.64. The van der Waals surface area contributed by atoms with Crippen molar-refractivity contribution in [3.63, 3.8) is 0 Å². The Morgan fingerprint density at radius 1 is 0.488 bits per heavy atom. The molecule has 0 saturated heterocycles. The summed E-state index contributed by atoms with van der Waals surface area (Å²) in [4.78, 5) is 11.0. The van der Waals surface area contributed by atoms with Crippen LogP contribution in [0.5, 0.6) is 28.9 Å². The van der Waals surface area contributed by atoms with E-state index in [1.54, 1.807) is 19.5 Å². The number of anilines is 3. The Kier molecular flexibility index (Phi) is 7.54. The van der Waals surface area contributed by atoms with Crippen molar-refractivity contribution in [1.29, 1.82) is 0 Å². The molecule has 4 aromatic carbocycles. The fourth-order valence-electron chi connectivity index (χ4n) is 4.48. The first-order valence-electron chi connectivity index (χ1n) is 13.2. The number of aromatic nitrogens is 2. The highest BCUT2D eigenvalue weighted by atomic mass is 16.5. The predicted octanol–water partition coefficient (Wildman–Crippen LogP) is 9.21. The number of pyridine rings is 2. The zero-order chi connectivity index (χ0) is 27.9. The lowest BCUT2D eigenvalue weighted by molar-refractivity contribution is 0.414. The smallest absolute Gasteiger partial charge is 0.219 e. The quantitative estimate of drug-likeness (QED) is 0.183. The van der Waals surface area contributed by atoms with E-state index in [0.717, 1.165) is 34.1 Å². The summed E-state index contributed by atoms with van der Waals surface area (Å²) in [5.74, 6) is 3.11. The van der Waals surface area contributed by atoms with E-state index in [4.69, 9.17) is 14.2 Å². The Bertz CT molecular complexity index is 1690. The largest absolute Gasteiger partial charge is 0.497 e. The summed E-state index contributed by atoms with van der Waals surface area (Å²) in [6, 6.07) is 43.4. The van der Waals surface area contributed by atoms with Crippen LogP contribution in [0.15, 0.2) is 146 Å². The van der Waals surface area contributed by atoms with Crippen LogP contribution in [0.1, 0.15) is 0 Å². The number of hydrogen-bond donors (Lipinski definition) is 0. The van der Waals surface area contributed by atoms with Crippen LogP contribution in [0.25, 0.3) is 11.3 Å². The third-order valence-electron chi connectivity index (χ3n) is 6.34. The molecule has 2 aromatic heterocycles. The van der Waals surface area contributed by atoms with Crippen molar-refractivity contribution in [2.75, 3.05) is 12.0 Å². The van der Waals surface area contributed by atoms with Gasteiger partial charge in [-0.3, -0.25) is 4.98 Å². The average molecular weight is 538 g/mol. The van der Waals surface area contributed by atoms with Gasteiger partial charge in [0.25, 0.3) is 0 Å². The van der Waals surface area contributed by atoms with Crippen molar-refractivity contribution in [2.45, 2.75) is 0 Å². The highest BCUT2D eigenvalue weighted by Gasteiger charge is 2.16. The summed E-state index contributed by atoms with van der Waals surface area (Å²) in [5, 5.41) is 0. The monoisotopic (exact) mass is 537 g/mol. The van der Waals surface area contributed by atoms with Crippen molar-refractivity contribution < 1.29 is 14.2 Å². The Hall–Kier alpha value is -5.62. The molecule has 41 heavy (non-hydrogen) atoms. The molecule has 6 rings (SSSR count). The number of ether oxygens (including phenoxy) is 3. The summed E-state index contributed by atoms with van der Waals surface area (Å²) in [6.45, 7) is 0. The molecule has 0 spiro atoms. The molecule has 0 bridgehead atoms. The number of rotatable bonds is 9. The van der Waals surface area contributed by atoms with Crippen LogP contribution in [0.3, 0.4) is 0 Å². The molecule has 6 heteroatoms. The van der Waals surface area contributed by atoms with Gasteiger partial charge < -0.3 is 19.1 Å². The standard InChI is InChI=1S/C35H27N3O3/c1-39-30-18-20-36-34(25-30)26-11-10-16-31(21-26)40-32-22-29(23-33(24-32)41-35-17-8-9-19-37-35)38(27-12-4-2-5-13-27)28-14-6-3-7-15-28/h2-25H,1H3. The molecule has 0 aliphatic carbocycles. The van der Waals surface area contributed by atoms with Crippen LogP contribution in [0.4, 0.5) is 17.1 Å². The molecule has 0 fully saturated rings. The van der Waals surface area contributed by atoms with Crippen molar-refractivity contribution in [2.24, 2.45) is 0 Å². The van der Waals surface area contributed by atoms with E-state index < -0.39 is 0 Å². The van der Waals surface area contributed by atoms with E-state index in [0.29, 0.717) is 23.1 Å². The second-order valence-corrected chi connectivity index (χ2v) is 9.15. The lowest BCUT2D eigenvalue weighted by atomic mass is 10.1. The fourth-order valence-corrected chi connectivity index (χ4v) is 4.48. The Balaban J connectivity index is 1.42. The van der Waals surface area contributed by atoms with Crippen molar-refractivity contribution in [3.8, 4) is 40.1 Å². The zero-order valence-electron chi connectivity index (χ0n) is 22.4. The Morgan fingerprint density at radius 2 is 1.20 bits per heavy atom. The maximum atomic E-state index is 6.45. The van der Waals surface area contributed by atoms with Gasteiger partial charge in [0.2, 0.25) is 5.88 Å². The average Bonchev–Trinajstić information content (AvgIpc) is 3.03. The van der Waals surface area contributed by atoms with E-state index in [2.05, 4.69) is 39.1 Å². The summed E-state index contributed by atoms with van der Waals surface area (Å²) in [5.41, 5.74) is 4.59. The number of para-hydroxylation sites is 2. The van der Waals surface area contributed by atoms with Crippen molar-refractivity contribution >= 4 is 17.1 Å². The first-order valence-corrected chi connectivity index (χ1v) is 13.2. The zero-order valence-corrected chi connectivity index (χ0v) is 22.4. The maximum absolute atomic E-state index is 6.45. The van der Waals surface area contributed by atoms with Gasteiger partial charge >= 0.3 is 0 Å². The third kappa shape index (κ3) is 6.18. The van der Waals surface area contributed by atoms with Gasteiger partial charge in [-0.1, -0.05) is 54.6 Å². The molecule has 0 radical (unpaired) electrons. The third-order valence-corrected chi connectivity index (χ3v) is 6.34. The first kappa shape index (κ1) is 25.6. The molecule has 0 unspecified atom stereocenters. The molecular weight excluding hydrogens is 510 g/mol. The van der Waals surface area contributed by atoms with Gasteiger partial charge in [-0.15, -0.1) is 0 Å². The summed E-state index contributed by atoms with van der Waals surface area (Å²) in [6.07, 6.45) is 3.43. The van der Waals surface area contributed by atoms with Crippen LogP contribution in [0, 0.1) is 0 Å². The number of benzene rings is 4. The SMILES string of the molecule is COc1ccnc(-c2cccc(Oc3cc(Oc4ccccn4)cc(N(c4ccccc4)c4ccccc4)c3)c2)c1. The predicted molar refractivity (Wildman–Crippen MR) is 162 cm³/mol. The summed E-state index contributed by atoms with van der Waals surface area (Å²) < 4.78 is 18.0. The molecular formula is C35H27N3O3. The molecule has 2 heterocycles. The van der Waals surface area contributed by atoms with E-state index in [-0.39, 0.29) is 0 Å². The fraction of sp³-hybridized carbons (Fsp3) is 0.0286. The second-order valence-electron chi connectivity index (χ2n) is 9.15. The van der Waals surface area contributed by atoms with E-state index in [9.17, 15) is 0 Å². The minimum absolute atomic E-state index is 0.493. The van der Waals surface area contributed by atoms with Crippen molar-refractivity contribution in [3.05, 3.63) is 146 Å². The van der Waals surface area contributed by atoms with Gasteiger partial charge in [0, 0.05) is 59.7 Å². The van der Waals surface area contributed by atoms with E-state index >= 15 is 0 Å². The number of hydrogen-bond acceptors (Lipinski definition) is 6. The molecule has 6 aromatic rings. The molecule has 0 aliphatic heterocycles. The van der Waals surface area contributed by atoms with Crippen LogP contribution in [-0.4, -0.2) is 17.1 Å². The molecule has 0 saturated carbocycles. The number of methoxy groups -OCH3 is 1. The lowest BCUT2D eigenvalue weighted by Gasteiger charge is -2.26. The minimum Gasteiger partial charge on any atom is -0.497 e. The van der Waals surface area contributed by atoms with Gasteiger partial charge in [-0.05, 0) is 48.5 Å². The van der Waals surface area contributed by atoms with Crippen LogP contribution < -0.4 is 19.1 Å². The van der Waals surface area contributed by atoms with Crippen molar-refractivity contribution in [1.82, 2.24) is 9.97 Å². The molecule has 0 aliphatic rings. The van der Waals surface area contributed by atoms with E-state index in [1.165, 1.54) is 0 Å². The van der Waals surface area contributed by atoms with Crippen LogP contribution in [-0.2, 0) is 0 Å².